The number of ether oxygens (including phenoxy) is 1. The summed E-state index contributed by atoms with van der Waals surface area (Å²) in [6, 6.07) is 4.03. The number of aliphatic hydroxyl groups excluding tert-OH is 1. The highest BCUT2D eigenvalue weighted by Gasteiger charge is 2.29. The molecule has 4 N–H and O–H groups in total. The molecule has 11 heteroatoms. The Morgan fingerprint density at radius 1 is 1.35 bits per heavy atom. The highest BCUT2D eigenvalue weighted by atomic mass is 19.1. The van der Waals surface area contributed by atoms with Gasteiger partial charge in [-0.3, -0.25) is 9.59 Å². The summed E-state index contributed by atoms with van der Waals surface area (Å²) in [5.74, 6) is 3.87. The molecule has 0 saturated heterocycles. The van der Waals surface area contributed by atoms with Crippen LogP contribution in [0.2, 0.25) is 0 Å². The minimum absolute atomic E-state index is 0.0137. The van der Waals surface area contributed by atoms with E-state index in [0.717, 1.165) is 6.07 Å². The number of aromatic nitrogens is 3. The van der Waals surface area contributed by atoms with Crippen molar-refractivity contribution in [3.63, 3.8) is 0 Å². The van der Waals surface area contributed by atoms with Crippen molar-refractivity contribution >= 4 is 11.8 Å². The first-order valence-electron chi connectivity index (χ1n) is 9.85. The topological polar surface area (TPSA) is 146 Å². The molecule has 1 atom stereocenters. The van der Waals surface area contributed by atoms with Gasteiger partial charge in [-0.15, -0.1) is 12.8 Å². The summed E-state index contributed by atoms with van der Waals surface area (Å²) in [6.07, 6.45) is 6.71. The lowest BCUT2D eigenvalue weighted by atomic mass is 10.1. The molecule has 0 bridgehead atoms. The number of fused-ring (bicyclic) bond motifs is 3. The number of aliphatic hydroxyl groups is 1. The predicted molar refractivity (Wildman–Crippen MR) is 118 cm³/mol. The Labute approximate surface area is 193 Å². The number of nitrogens with two attached hydrogens (primary N) is 1. The number of imidazole rings is 1. The number of amides is 2. The lowest BCUT2D eigenvalue weighted by molar-refractivity contribution is 0.0933. The van der Waals surface area contributed by atoms with Crippen LogP contribution in [0.5, 0.6) is 5.75 Å². The number of hydrogen-bond donors (Lipinski definition) is 3. The molecule has 34 heavy (non-hydrogen) atoms. The van der Waals surface area contributed by atoms with Gasteiger partial charge in [-0.1, -0.05) is 17.0 Å². The minimum atomic E-state index is -1.29. The molecule has 1 aliphatic heterocycles. The van der Waals surface area contributed by atoms with Crippen molar-refractivity contribution in [2.75, 3.05) is 13.7 Å². The van der Waals surface area contributed by atoms with Crippen LogP contribution in [0, 0.1) is 37.4 Å². The molecule has 3 heterocycles. The van der Waals surface area contributed by atoms with Gasteiger partial charge >= 0.3 is 0 Å². The molecular formula is C23H20FN5O5. The van der Waals surface area contributed by atoms with E-state index in [9.17, 15) is 19.1 Å². The maximum Gasteiger partial charge on any atom is 0.270 e. The fourth-order valence-electron chi connectivity index (χ4n) is 3.32. The molecule has 0 saturated carbocycles. The third-order valence-electron chi connectivity index (χ3n) is 4.80. The van der Waals surface area contributed by atoms with Crippen LogP contribution in [0.3, 0.4) is 0 Å². The van der Waals surface area contributed by atoms with Gasteiger partial charge in [0.15, 0.2) is 11.8 Å². The van der Waals surface area contributed by atoms with Gasteiger partial charge in [0.05, 0.1) is 17.7 Å². The average molecular weight is 465 g/mol. The first-order valence-corrected chi connectivity index (χ1v) is 9.85. The van der Waals surface area contributed by atoms with Crippen LogP contribution in [0.1, 0.15) is 44.1 Å². The largest absolute Gasteiger partial charge is 0.491 e. The van der Waals surface area contributed by atoms with Crippen LogP contribution in [-0.4, -0.2) is 45.3 Å². The van der Waals surface area contributed by atoms with E-state index in [2.05, 4.69) is 40.1 Å². The van der Waals surface area contributed by atoms with Crippen LogP contribution in [0.4, 0.5) is 4.39 Å². The Bertz CT molecular complexity index is 1340. The van der Waals surface area contributed by atoms with Crippen molar-refractivity contribution in [2.45, 2.75) is 19.6 Å². The number of hydrogen-bond acceptors (Lipinski definition) is 7. The van der Waals surface area contributed by atoms with Crippen LogP contribution in [-0.2, 0) is 6.54 Å². The summed E-state index contributed by atoms with van der Waals surface area (Å²) >= 11 is 0. The number of halogens is 1. The van der Waals surface area contributed by atoms with Gasteiger partial charge in [0.25, 0.3) is 11.8 Å². The monoisotopic (exact) mass is 465 g/mol. The van der Waals surface area contributed by atoms with Gasteiger partial charge in [0.1, 0.15) is 41.1 Å². The summed E-state index contributed by atoms with van der Waals surface area (Å²) in [5, 5.41) is 16.3. The quantitative estimate of drug-likeness (QED) is 0.492. The molecule has 4 rings (SSSR count). The standard InChI is InChI=1S/C21H18FN5O5.C2H2/c1-10-7-14(26-32-10)15(28)4-3-11-8-12-16(9-13(11)22)31-6-5-27-18(21(30)24-2)17(19(23)29)25-20(12)27;1-2/h7-9,15,28H,5-6H2,1-2H3,(H2,23,29)(H,24,30);1-2H/t15-;/m1./s1. The van der Waals surface area contributed by atoms with Gasteiger partial charge in [-0.05, 0) is 13.0 Å². The zero-order valence-corrected chi connectivity index (χ0v) is 18.3. The zero-order chi connectivity index (χ0) is 25.0. The number of carbonyl (C=O) groups is 2. The Hall–Kier alpha value is -4.61. The normalized spacial score (nSPS) is 12.3. The van der Waals surface area contributed by atoms with Crippen molar-refractivity contribution < 1.29 is 28.3 Å². The third kappa shape index (κ3) is 4.46. The fraction of sp³-hybridized carbons (Fsp3) is 0.217. The summed E-state index contributed by atoms with van der Waals surface area (Å²) in [7, 11) is 1.42. The molecule has 10 nitrogen and oxygen atoms in total. The molecule has 3 aromatic rings. The van der Waals surface area contributed by atoms with Crippen molar-refractivity contribution in [3.8, 4) is 41.8 Å². The van der Waals surface area contributed by atoms with Crippen molar-refractivity contribution in [1.29, 1.82) is 0 Å². The minimum Gasteiger partial charge on any atom is -0.491 e. The Morgan fingerprint density at radius 2 is 2.09 bits per heavy atom. The Balaban J connectivity index is 0.00000158. The molecular weight excluding hydrogens is 445 g/mol. The molecule has 0 fully saturated rings. The number of nitrogens with one attached hydrogen (secondary N) is 1. The molecule has 0 unspecified atom stereocenters. The van der Waals surface area contributed by atoms with E-state index in [1.807, 2.05) is 0 Å². The maximum atomic E-state index is 14.7. The number of aryl methyl sites for hydroxylation is 1. The van der Waals surface area contributed by atoms with Crippen molar-refractivity contribution in [3.05, 3.63) is 52.4 Å². The SMILES string of the molecule is C#C.CNC(=O)c1c(C(N)=O)nc2n1CCOc1cc(F)c(C#C[C@@H](O)c3cc(C)on3)cc1-2. The molecule has 1 aliphatic rings. The second kappa shape index (κ2) is 9.90. The first-order chi connectivity index (χ1) is 16.3. The summed E-state index contributed by atoms with van der Waals surface area (Å²) < 4.78 is 26.7. The van der Waals surface area contributed by atoms with E-state index in [0.29, 0.717) is 11.3 Å². The van der Waals surface area contributed by atoms with Gasteiger partial charge in [-0.2, -0.15) is 0 Å². The van der Waals surface area contributed by atoms with Gasteiger partial charge in [0, 0.05) is 19.2 Å². The van der Waals surface area contributed by atoms with E-state index >= 15 is 0 Å². The number of nitrogens with zero attached hydrogens (tertiary/aromatic N) is 3. The number of primary amides is 1. The van der Waals surface area contributed by atoms with Gasteiger partial charge in [-0.25, -0.2) is 9.37 Å². The van der Waals surface area contributed by atoms with E-state index < -0.39 is 23.7 Å². The lowest BCUT2D eigenvalue weighted by Gasteiger charge is -2.08. The molecule has 174 valence electrons. The molecule has 2 aromatic heterocycles. The predicted octanol–water partition coefficient (Wildman–Crippen LogP) is 1.17. The molecule has 2 amide bonds. The number of rotatable bonds is 3. The smallest absolute Gasteiger partial charge is 0.270 e. The zero-order valence-electron chi connectivity index (χ0n) is 18.3. The van der Waals surface area contributed by atoms with E-state index in [1.54, 1.807) is 6.92 Å². The molecule has 0 aliphatic carbocycles. The van der Waals surface area contributed by atoms with E-state index in [4.69, 9.17) is 15.0 Å². The van der Waals surface area contributed by atoms with Crippen molar-refractivity contribution in [1.82, 2.24) is 20.0 Å². The maximum absolute atomic E-state index is 14.7. The number of terminal acetylenes is 1. The second-order valence-electron chi connectivity index (χ2n) is 6.94. The highest BCUT2D eigenvalue weighted by molar-refractivity contribution is 6.05. The first kappa shape index (κ1) is 24.0. The molecule has 0 spiro atoms. The van der Waals surface area contributed by atoms with E-state index in [1.165, 1.54) is 23.7 Å². The number of carbonyl (C=O) groups excluding carboxylic acids is 2. The highest BCUT2D eigenvalue weighted by Crippen LogP contribution is 2.35. The average Bonchev–Trinajstić information content (AvgIpc) is 3.39. The molecule has 1 aromatic carbocycles. The van der Waals surface area contributed by atoms with Crippen LogP contribution in [0.15, 0.2) is 22.7 Å². The van der Waals surface area contributed by atoms with E-state index in [-0.39, 0.29) is 47.4 Å². The summed E-state index contributed by atoms with van der Waals surface area (Å²) in [5.41, 5.74) is 5.67. The number of benzene rings is 1. The second-order valence-corrected chi connectivity index (χ2v) is 6.94. The van der Waals surface area contributed by atoms with Gasteiger partial charge < -0.3 is 30.0 Å². The fourth-order valence-corrected chi connectivity index (χ4v) is 3.32. The van der Waals surface area contributed by atoms with Gasteiger partial charge in [0.2, 0.25) is 0 Å². The Kier molecular flexibility index (Phi) is 7.00. The van der Waals surface area contributed by atoms with Crippen LogP contribution < -0.4 is 15.8 Å². The summed E-state index contributed by atoms with van der Waals surface area (Å²) in [6.45, 7) is 1.95. The third-order valence-corrected chi connectivity index (χ3v) is 4.80. The van der Waals surface area contributed by atoms with Crippen LogP contribution >= 0.6 is 0 Å². The van der Waals surface area contributed by atoms with Crippen LogP contribution in [0.25, 0.3) is 11.4 Å². The molecule has 0 radical (unpaired) electrons. The summed E-state index contributed by atoms with van der Waals surface area (Å²) in [4.78, 5) is 28.5. The van der Waals surface area contributed by atoms with Crippen molar-refractivity contribution in [2.24, 2.45) is 5.73 Å². The lowest BCUT2D eigenvalue weighted by Crippen LogP contribution is -2.26. The Morgan fingerprint density at radius 3 is 2.71 bits per heavy atom.